The number of carbonyl (C=O) groups excluding carboxylic acids is 1. The molecule has 3 N–H and O–H groups in total. The number of rotatable bonds is 5. The molecule has 0 bridgehead atoms. The summed E-state index contributed by atoms with van der Waals surface area (Å²) in [6.07, 6.45) is 0. The van der Waals surface area contributed by atoms with Crippen molar-refractivity contribution < 1.29 is 9.63 Å². The van der Waals surface area contributed by atoms with Gasteiger partial charge in [0.1, 0.15) is 0 Å². The van der Waals surface area contributed by atoms with E-state index in [1.54, 1.807) is 0 Å². The van der Waals surface area contributed by atoms with Crippen LogP contribution < -0.4 is 11.1 Å². The fourth-order valence-corrected chi connectivity index (χ4v) is 2.39. The van der Waals surface area contributed by atoms with Crippen LogP contribution in [0.5, 0.6) is 0 Å². The molecule has 0 unspecified atom stereocenters. The molecule has 1 heterocycles. The van der Waals surface area contributed by atoms with Gasteiger partial charge in [-0.05, 0) is 36.9 Å². The molecule has 1 aromatic carbocycles. The van der Waals surface area contributed by atoms with E-state index >= 15 is 0 Å². The summed E-state index contributed by atoms with van der Waals surface area (Å²) < 4.78 is 0. The van der Waals surface area contributed by atoms with Gasteiger partial charge in [-0.3, -0.25) is 4.79 Å². The van der Waals surface area contributed by atoms with Gasteiger partial charge in [-0.1, -0.05) is 28.9 Å². The van der Waals surface area contributed by atoms with Crippen LogP contribution in [0.4, 0.5) is 5.69 Å². The molecule has 6 heteroatoms. The first-order valence-electron chi connectivity index (χ1n) is 6.42. The number of oxime groups is 1. The summed E-state index contributed by atoms with van der Waals surface area (Å²) in [5.74, 6) is -0.00556. The molecule has 0 aliphatic carbocycles. The van der Waals surface area contributed by atoms with Gasteiger partial charge in [0.15, 0.2) is 12.4 Å². The van der Waals surface area contributed by atoms with Gasteiger partial charge in [0.05, 0.1) is 4.88 Å². The van der Waals surface area contributed by atoms with Gasteiger partial charge < -0.3 is 15.9 Å². The summed E-state index contributed by atoms with van der Waals surface area (Å²) in [6, 6.07) is 9.52. The molecule has 5 nitrogen and oxygen atoms in total. The van der Waals surface area contributed by atoms with Crippen molar-refractivity contribution in [1.82, 2.24) is 0 Å². The summed E-state index contributed by atoms with van der Waals surface area (Å²) >= 11 is 1.46. The number of amides is 1. The molecule has 2 rings (SSSR count). The zero-order valence-corrected chi connectivity index (χ0v) is 12.7. The molecular weight excluding hydrogens is 286 g/mol. The number of benzene rings is 1. The number of nitrogens with one attached hydrogen (secondary N) is 1. The zero-order chi connectivity index (χ0) is 15.2. The second-order valence-corrected chi connectivity index (χ2v) is 5.54. The summed E-state index contributed by atoms with van der Waals surface area (Å²) in [6.45, 7) is 3.76. The molecule has 1 amide bonds. The molecule has 0 saturated heterocycles. The molecule has 0 atom stereocenters. The van der Waals surface area contributed by atoms with Crippen LogP contribution in [0.1, 0.15) is 16.0 Å². The Balaban J connectivity index is 1.86. The van der Waals surface area contributed by atoms with Crippen LogP contribution in [0, 0.1) is 13.8 Å². The molecule has 2 aromatic rings. The van der Waals surface area contributed by atoms with Crippen LogP contribution in [0.3, 0.4) is 0 Å². The smallest absolute Gasteiger partial charge is 0.265 e. The fraction of sp³-hybridized carbons (Fsp3) is 0.200. The normalized spacial score (nSPS) is 11.2. The molecule has 110 valence electrons. The zero-order valence-electron chi connectivity index (χ0n) is 11.9. The van der Waals surface area contributed by atoms with Crippen LogP contribution >= 0.6 is 11.3 Å². The van der Waals surface area contributed by atoms with Crippen molar-refractivity contribution in [3.8, 4) is 0 Å². The monoisotopic (exact) mass is 303 g/mol. The molecule has 0 radical (unpaired) electrons. The van der Waals surface area contributed by atoms with E-state index in [1.807, 2.05) is 49.6 Å². The molecule has 0 aliphatic rings. The van der Waals surface area contributed by atoms with Gasteiger partial charge in [-0.25, -0.2) is 0 Å². The second kappa shape index (κ2) is 6.90. The highest BCUT2D eigenvalue weighted by molar-refractivity contribution is 7.12. The van der Waals surface area contributed by atoms with Gasteiger partial charge in [0.2, 0.25) is 0 Å². The van der Waals surface area contributed by atoms with Gasteiger partial charge in [-0.2, -0.15) is 0 Å². The van der Waals surface area contributed by atoms with Crippen molar-refractivity contribution in [3.05, 3.63) is 51.7 Å². The van der Waals surface area contributed by atoms with Crippen LogP contribution in [-0.2, 0) is 9.63 Å². The van der Waals surface area contributed by atoms with E-state index in [9.17, 15) is 4.79 Å². The van der Waals surface area contributed by atoms with E-state index in [0.29, 0.717) is 0 Å². The second-order valence-electron chi connectivity index (χ2n) is 4.59. The highest BCUT2D eigenvalue weighted by Crippen LogP contribution is 2.15. The fourth-order valence-electron chi connectivity index (χ4n) is 1.77. The highest BCUT2D eigenvalue weighted by atomic mass is 32.1. The van der Waals surface area contributed by atoms with E-state index < -0.39 is 0 Å². The Labute approximate surface area is 127 Å². The van der Waals surface area contributed by atoms with Crippen LogP contribution in [0.2, 0.25) is 0 Å². The summed E-state index contributed by atoms with van der Waals surface area (Å²) in [7, 11) is 0. The summed E-state index contributed by atoms with van der Waals surface area (Å²) in [4.78, 5) is 17.6. The lowest BCUT2D eigenvalue weighted by Crippen LogP contribution is -2.19. The average Bonchev–Trinajstić information content (AvgIpc) is 2.96. The first kappa shape index (κ1) is 15.1. The lowest BCUT2D eigenvalue weighted by Gasteiger charge is -2.08. The van der Waals surface area contributed by atoms with Crippen molar-refractivity contribution in [3.63, 3.8) is 0 Å². The van der Waals surface area contributed by atoms with Crippen molar-refractivity contribution in [2.24, 2.45) is 10.9 Å². The molecule has 0 spiro atoms. The Morgan fingerprint density at radius 1 is 1.38 bits per heavy atom. The van der Waals surface area contributed by atoms with Crippen molar-refractivity contribution >= 4 is 28.8 Å². The largest absolute Gasteiger partial charge is 0.384 e. The van der Waals surface area contributed by atoms with Gasteiger partial charge in [-0.15, -0.1) is 11.3 Å². The lowest BCUT2D eigenvalue weighted by atomic mass is 10.1. The number of nitrogens with two attached hydrogens (primary N) is 1. The first-order valence-corrected chi connectivity index (χ1v) is 7.30. The van der Waals surface area contributed by atoms with E-state index in [0.717, 1.165) is 21.7 Å². The number of aryl methyl sites for hydroxylation is 2. The van der Waals surface area contributed by atoms with Crippen molar-refractivity contribution in [2.75, 3.05) is 11.9 Å². The number of hydrogen-bond acceptors (Lipinski definition) is 4. The maximum Gasteiger partial charge on any atom is 0.265 e. The topological polar surface area (TPSA) is 76.7 Å². The Hall–Kier alpha value is -2.34. The highest BCUT2D eigenvalue weighted by Gasteiger charge is 2.06. The standard InChI is InChI=1S/C15H17N3O2S/c1-10-5-6-12(11(2)8-10)17-14(19)9-20-18-15(16)13-4-3-7-21-13/h3-8H,9H2,1-2H3,(H2,16,18)(H,17,19). The summed E-state index contributed by atoms with van der Waals surface area (Å²) in [5, 5.41) is 8.40. The van der Waals surface area contributed by atoms with Gasteiger partial charge in [0.25, 0.3) is 5.91 Å². The first-order chi connectivity index (χ1) is 10.1. The molecule has 0 aliphatic heterocycles. The van der Waals surface area contributed by atoms with Crippen LogP contribution in [0.25, 0.3) is 0 Å². The summed E-state index contributed by atoms with van der Waals surface area (Å²) in [5.41, 5.74) is 8.64. The Morgan fingerprint density at radius 2 is 2.19 bits per heavy atom. The average molecular weight is 303 g/mol. The Kier molecular flexibility index (Phi) is 4.94. The number of thiophene rings is 1. The number of carbonyl (C=O) groups is 1. The van der Waals surface area contributed by atoms with E-state index in [4.69, 9.17) is 10.6 Å². The number of amidine groups is 1. The molecule has 0 fully saturated rings. The van der Waals surface area contributed by atoms with Crippen molar-refractivity contribution in [1.29, 1.82) is 0 Å². The third-order valence-corrected chi connectivity index (χ3v) is 3.68. The van der Waals surface area contributed by atoms with E-state index in [1.165, 1.54) is 11.3 Å². The minimum atomic E-state index is -0.273. The number of hydrogen-bond donors (Lipinski definition) is 2. The maximum atomic E-state index is 11.8. The van der Waals surface area contributed by atoms with Gasteiger partial charge >= 0.3 is 0 Å². The number of nitrogens with zero attached hydrogens (tertiary/aromatic N) is 1. The number of anilines is 1. The Morgan fingerprint density at radius 3 is 2.86 bits per heavy atom. The predicted octanol–water partition coefficient (Wildman–Crippen LogP) is 2.64. The molecular formula is C15H17N3O2S. The van der Waals surface area contributed by atoms with E-state index in [2.05, 4.69) is 10.5 Å². The SMILES string of the molecule is Cc1ccc(NC(=O)CO/N=C(\N)c2cccs2)c(C)c1. The molecule has 21 heavy (non-hydrogen) atoms. The van der Waals surface area contributed by atoms with Crippen molar-refractivity contribution in [2.45, 2.75) is 13.8 Å². The lowest BCUT2D eigenvalue weighted by molar-refractivity contribution is -0.120. The maximum absolute atomic E-state index is 11.8. The predicted molar refractivity (Wildman–Crippen MR) is 85.5 cm³/mol. The van der Waals surface area contributed by atoms with Crippen LogP contribution in [0.15, 0.2) is 40.9 Å². The minimum Gasteiger partial charge on any atom is -0.384 e. The molecule has 1 aromatic heterocycles. The minimum absolute atomic E-state index is 0.181. The van der Waals surface area contributed by atoms with Crippen LogP contribution in [-0.4, -0.2) is 18.3 Å². The third kappa shape index (κ3) is 4.32. The van der Waals surface area contributed by atoms with E-state index in [-0.39, 0.29) is 18.3 Å². The van der Waals surface area contributed by atoms with Gasteiger partial charge in [0, 0.05) is 5.69 Å². The molecule has 0 saturated carbocycles. The third-order valence-electron chi connectivity index (χ3n) is 2.79. The quantitative estimate of drug-likeness (QED) is 0.506. The Bertz CT molecular complexity index is 651.